The lowest BCUT2D eigenvalue weighted by Crippen LogP contribution is -2.22. The van der Waals surface area contributed by atoms with E-state index >= 15 is 0 Å². The second-order valence-corrected chi connectivity index (χ2v) is 6.84. The van der Waals surface area contributed by atoms with Crippen molar-refractivity contribution in [1.29, 1.82) is 0 Å². The van der Waals surface area contributed by atoms with E-state index in [2.05, 4.69) is 4.99 Å². The van der Waals surface area contributed by atoms with E-state index in [1.165, 1.54) is 29.9 Å². The first-order valence-corrected chi connectivity index (χ1v) is 9.41. The van der Waals surface area contributed by atoms with Crippen molar-refractivity contribution >= 4 is 39.1 Å². The van der Waals surface area contributed by atoms with Gasteiger partial charge < -0.3 is 14.0 Å². The highest BCUT2D eigenvalue weighted by Crippen LogP contribution is 2.23. The smallest absolute Gasteiger partial charge is 0.325 e. The molecule has 0 N–H and O–H groups in total. The van der Waals surface area contributed by atoms with Gasteiger partial charge in [0, 0.05) is 17.7 Å². The lowest BCUT2D eigenvalue weighted by Gasteiger charge is -2.04. The molecule has 1 amide bonds. The molecule has 0 atom stereocenters. The molecule has 150 valence electrons. The van der Waals surface area contributed by atoms with Crippen LogP contribution in [-0.4, -0.2) is 35.1 Å². The van der Waals surface area contributed by atoms with Gasteiger partial charge in [-0.3, -0.25) is 19.7 Å². The minimum Gasteiger partial charge on any atom is -0.494 e. The third kappa shape index (κ3) is 4.49. The zero-order valence-corrected chi connectivity index (χ0v) is 16.5. The molecular weight excluding hydrogens is 398 g/mol. The zero-order chi connectivity index (χ0) is 21.0. The highest BCUT2D eigenvalue weighted by Gasteiger charge is 2.15. The molecule has 2 aromatic carbocycles. The molecule has 0 saturated carbocycles. The summed E-state index contributed by atoms with van der Waals surface area (Å²) in [5, 5.41) is 11.0. The molecule has 0 radical (unpaired) electrons. The van der Waals surface area contributed by atoms with Crippen LogP contribution in [-0.2, 0) is 16.1 Å². The molecule has 0 spiro atoms. The topological polar surface area (TPSA) is 113 Å². The monoisotopic (exact) mass is 415 g/mol. The van der Waals surface area contributed by atoms with Crippen LogP contribution in [0.5, 0.6) is 5.75 Å². The molecule has 0 aliphatic carbocycles. The zero-order valence-electron chi connectivity index (χ0n) is 15.7. The van der Waals surface area contributed by atoms with Gasteiger partial charge in [-0.15, -0.1) is 0 Å². The first-order valence-electron chi connectivity index (χ1n) is 8.59. The predicted octanol–water partition coefficient (Wildman–Crippen LogP) is 2.92. The molecule has 0 aliphatic rings. The van der Waals surface area contributed by atoms with Gasteiger partial charge in [0.15, 0.2) is 4.80 Å². The van der Waals surface area contributed by atoms with Crippen LogP contribution in [0.1, 0.15) is 17.3 Å². The molecule has 0 unspecified atom stereocenters. The maximum atomic E-state index is 12.6. The van der Waals surface area contributed by atoms with Crippen LogP contribution in [0.4, 0.5) is 5.69 Å². The summed E-state index contributed by atoms with van der Waals surface area (Å²) in [6.07, 6.45) is 0. The quantitative estimate of drug-likeness (QED) is 0.347. The van der Waals surface area contributed by atoms with Crippen molar-refractivity contribution in [3.05, 3.63) is 62.9 Å². The van der Waals surface area contributed by atoms with E-state index in [9.17, 15) is 19.7 Å². The Bertz CT molecular complexity index is 1150. The van der Waals surface area contributed by atoms with E-state index in [0.717, 1.165) is 11.3 Å². The van der Waals surface area contributed by atoms with Gasteiger partial charge in [0.05, 0.1) is 28.9 Å². The molecule has 10 heteroatoms. The van der Waals surface area contributed by atoms with Crippen LogP contribution in [0.3, 0.4) is 0 Å². The van der Waals surface area contributed by atoms with Crippen molar-refractivity contribution in [2.24, 2.45) is 4.99 Å². The number of hydrogen-bond acceptors (Lipinski definition) is 7. The van der Waals surface area contributed by atoms with E-state index in [4.69, 9.17) is 9.47 Å². The molecule has 1 aromatic heterocycles. The van der Waals surface area contributed by atoms with Gasteiger partial charge in [-0.2, -0.15) is 4.99 Å². The first kappa shape index (κ1) is 20.2. The number of carbonyl (C=O) groups is 2. The minimum absolute atomic E-state index is 0.0895. The number of carbonyl (C=O) groups excluding carboxylic acids is 2. The number of aromatic nitrogens is 1. The number of thiazole rings is 1. The number of nitrogens with zero attached hydrogens (tertiary/aromatic N) is 3. The Kier molecular flexibility index (Phi) is 6.03. The molecule has 9 nitrogen and oxygen atoms in total. The van der Waals surface area contributed by atoms with Gasteiger partial charge in [-0.05, 0) is 37.3 Å². The minimum atomic E-state index is -0.530. The molecule has 3 rings (SSSR count). The van der Waals surface area contributed by atoms with E-state index < -0.39 is 16.8 Å². The summed E-state index contributed by atoms with van der Waals surface area (Å²) in [6, 6.07) is 10.8. The number of methoxy groups -OCH3 is 1. The summed E-state index contributed by atoms with van der Waals surface area (Å²) >= 11 is 1.08. The number of non-ortho nitro benzene ring substituents is 1. The Hall–Kier alpha value is -3.53. The van der Waals surface area contributed by atoms with Gasteiger partial charge >= 0.3 is 5.97 Å². The number of fused-ring (bicyclic) bond motifs is 1. The lowest BCUT2D eigenvalue weighted by molar-refractivity contribution is -0.384. The average molecular weight is 415 g/mol. The van der Waals surface area contributed by atoms with Crippen LogP contribution >= 0.6 is 11.3 Å². The summed E-state index contributed by atoms with van der Waals surface area (Å²) < 4.78 is 12.1. The van der Waals surface area contributed by atoms with Gasteiger partial charge in [0.1, 0.15) is 12.3 Å². The lowest BCUT2D eigenvalue weighted by atomic mass is 10.2. The highest BCUT2D eigenvalue weighted by molar-refractivity contribution is 7.16. The maximum Gasteiger partial charge on any atom is 0.325 e. The van der Waals surface area contributed by atoms with Crippen molar-refractivity contribution in [1.82, 2.24) is 4.57 Å². The van der Waals surface area contributed by atoms with Gasteiger partial charge in [0.2, 0.25) is 0 Å². The van der Waals surface area contributed by atoms with E-state index in [0.29, 0.717) is 28.1 Å². The number of esters is 1. The standard InChI is InChI=1S/C19H17N3O6S/c1-3-28-14-7-4-12(5-8-14)18(24)20-19-21(11-17(23)27-2)15-9-6-13(22(25)26)10-16(15)29-19/h4-10H,3,11H2,1-2H3. The number of nitro benzene ring substituents is 1. The SMILES string of the molecule is CCOc1ccc(C(=O)N=c2sc3cc([N+](=O)[O-])ccc3n2CC(=O)OC)cc1. The fraction of sp³-hybridized carbons (Fsp3) is 0.211. The van der Waals surface area contributed by atoms with Crippen LogP contribution in [0, 0.1) is 10.1 Å². The summed E-state index contributed by atoms with van der Waals surface area (Å²) in [4.78, 5) is 39.3. The van der Waals surface area contributed by atoms with Crippen molar-refractivity contribution in [3.63, 3.8) is 0 Å². The maximum absolute atomic E-state index is 12.6. The number of amides is 1. The molecular formula is C19H17N3O6S. The van der Waals surface area contributed by atoms with Gasteiger partial charge in [-0.1, -0.05) is 11.3 Å². The normalized spacial score (nSPS) is 11.4. The number of hydrogen-bond donors (Lipinski definition) is 0. The Morgan fingerprint density at radius 3 is 2.55 bits per heavy atom. The van der Waals surface area contributed by atoms with Crippen LogP contribution in [0.15, 0.2) is 47.5 Å². The Balaban J connectivity index is 2.07. The number of benzene rings is 2. The Labute approximate surface area is 169 Å². The summed E-state index contributed by atoms with van der Waals surface area (Å²) in [5.74, 6) is -0.398. The van der Waals surface area contributed by atoms with Crippen LogP contribution in [0.25, 0.3) is 10.2 Å². The number of nitro groups is 1. The second-order valence-electron chi connectivity index (χ2n) is 5.83. The molecule has 0 aliphatic heterocycles. The fourth-order valence-corrected chi connectivity index (χ4v) is 3.68. The summed E-state index contributed by atoms with van der Waals surface area (Å²) in [5.41, 5.74) is 0.805. The Morgan fingerprint density at radius 1 is 1.21 bits per heavy atom. The Morgan fingerprint density at radius 2 is 1.93 bits per heavy atom. The van der Waals surface area contributed by atoms with Crippen molar-refractivity contribution in [2.45, 2.75) is 13.5 Å². The van der Waals surface area contributed by atoms with Crippen molar-refractivity contribution < 1.29 is 24.0 Å². The number of rotatable bonds is 6. The average Bonchev–Trinajstić information content (AvgIpc) is 3.04. The second kappa shape index (κ2) is 8.65. The molecule has 29 heavy (non-hydrogen) atoms. The molecule has 3 aromatic rings. The van der Waals surface area contributed by atoms with Crippen molar-refractivity contribution in [2.75, 3.05) is 13.7 Å². The van der Waals surface area contributed by atoms with E-state index in [-0.39, 0.29) is 17.0 Å². The largest absolute Gasteiger partial charge is 0.494 e. The molecule has 1 heterocycles. The van der Waals surface area contributed by atoms with Gasteiger partial charge in [0.25, 0.3) is 11.6 Å². The number of ether oxygens (including phenoxy) is 2. The highest BCUT2D eigenvalue weighted by atomic mass is 32.1. The molecule has 0 saturated heterocycles. The fourth-order valence-electron chi connectivity index (χ4n) is 2.62. The molecule has 0 fully saturated rings. The van der Waals surface area contributed by atoms with E-state index in [1.807, 2.05) is 6.92 Å². The van der Waals surface area contributed by atoms with E-state index in [1.54, 1.807) is 24.3 Å². The molecule has 0 bridgehead atoms. The summed E-state index contributed by atoms with van der Waals surface area (Å²) in [7, 11) is 1.25. The van der Waals surface area contributed by atoms with Crippen LogP contribution in [0.2, 0.25) is 0 Å². The predicted molar refractivity (Wildman–Crippen MR) is 106 cm³/mol. The third-order valence-corrected chi connectivity index (χ3v) is 5.04. The first-order chi connectivity index (χ1) is 13.9. The van der Waals surface area contributed by atoms with Crippen LogP contribution < -0.4 is 9.54 Å². The summed E-state index contributed by atoms with van der Waals surface area (Å²) in [6.45, 7) is 2.20. The van der Waals surface area contributed by atoms with Gasteiger partial charge in [-0.25, -0.2) is 0 Å². The van der Waals surface area contributed by atoms with Crippen molar-refractivity contribution in [3.8, 4) is 5.75 Å². The third-order valence-electron chi connectivity index (χ3n) is 4.00.